The zero-order valence-electron chi connectivity index (χ0n) is 12.2. The number of amides is 1. The van der Waals surface area contributed by atoms with Crippen LogP contribution in [0.15, 0.2) is 28.1 Å². The molecule has 0 aliphatic rings. The SMILES string of the molecule is Nc1nonc1-n1cc(C(=O)NN=Cc2cc(O)c(O)c(O)c2)nn1. The van der Waals surface area contributed by atoms with Crippen molar-refractivity contribution >= 4 is 17.9 Å². The van der Waals surface area contributed by atoms with Gasteiger partial charge in [0.1, 0.15) is 0 Å². The van der Waals surface area contributed by atoms with E-state index in [1.54, 1.807) is 0 Å². The van der Waals surface area contributed by atoms with Gasteiger partial charge in [-0.05, 0) is 22.4 Å². The lowest BCUT2D eigenvalue weighted by atomic mass is 10.2. The van der Waals surface area contributed by atoms with E-state index in [0.29, 0.717) is 0 Å². The number of carbonyl (C=O) groups is 1. The Labute approximate surface area is 138 Å². The maximum Gasteiger partial charge on any atom is 0.293 e. The van der Waals surface area contributed by atoms with Gasteiger partial charge in [0.05, 0.1) is 12.4 Å². The molecule has 2 aromatic heterocycles. The number of carbonyl (C=O) groups excluding carboxylic acids is 1. The second kappa shape index (κ2) is 6.15. The van der Waals surface area contributed by atoms with Crippen molar-refractivity contribution in [3.63, 3.8) is 0 Å². The molecule has 0 atom stereocenters. The third-order valence-electron chi connectivity index (χ3n) is 2.91. The molecule has 2 heterocycles. The van der Waals surface area contributed by atoms with E-state index in [0.717, 1.165) is 23.0 Å². The zero-order valence-corrected chi connectivity index (χ0v) is 12.2. The predicted octanol–water partition coefficient (Wildman–Crippen LogP) is -0.887. The zero-order chi connectivity index (χ0) is 18.0. The van der Waals surface area contributed by atoms with Gasteiger partial charge in [-0.25, -0.2) is 10.1 Å². The predicted molar refractivity (Wildman–Crippen MR) is 80.1 cm³/mol. The van der Waals surface area contributed by atoms with Gasteiger partial charge < -0.3 is 21.1 Å². The Balaban J connectivity index is 1.69. The smallest absolute Gasteiger partial charge is 0.293 e. The van der Waals surface area contributed by atoms with Crippen molar-refractivity contribution in [2.24, 2.45) is 5.10 Å². The average Bonchev–Trinajstić information content (AvgIpc) is 3.21. The van der Waals surface area contributed by atoms with E-state index >= 15 is 0 Å². The lowest BCUT2D eigenvalue weighted by Crippen LogP contribution is -2.18. The van der Waals surface area contributed by atoms with Gasteiger partial charge in [0.15, 0.2) is 22.9 Å². The standard InChI is InChI=1S/C12H10N8O5/c13-10-11(18-25-17-10)20-4-6(15-19-20)12(24)16-14-3-5-1-7(21)9(23)8(22)2-5/h1-4,21-23H,(H2,13,17)(H,16,24). The van der Waals surface area contributed by atoms with Crippen LogP contribution in [-0.2, 0) is 0 Å². The van der Waals surface area contributed by atoms with Crippen LogP contribution in [0.2, 0.25) is 0 Å². The Kier molecular flexibility index (Phi) is 3.87. The van der Waals surface area contributed by atoms with Gasteiger partial charge in [0.25, 0.3) is 5.91 Å². The molecule has 6 N–H and O–H groups in total. The molecule has 0 radical (unpaired) electrons. The summed E-state index contributed by atoms with van der Waals surface area (Å²) < 4.78 is 5.51. The number of rotatable bonds is 4. The summed E-state index contributed by atoms with van der Waals surface area (Å²) >= 11 is 0. The van der Waals surface area contributed by atoms with Crippen molar-refractivity contribution in [1.82, 2.24) is 30.7 Å². The average molecular weight is 346 g/mol. The first kappa shape index (κ1) is 15.7. The molecule has 0 spiro atoms. The van der Waals surface area contributed by atoms with Crippen LogP contribution in [0, 0.1) is 0 Å². The highest BCUT2D eigenvalue weighted by molar-refractivity contribution is 5.93. The molecular weight excluding hydrogens is 336 g/mol. The van der Waals surface area contributed by atoms with Crippen molar-refractivity contribution in [2.45, 2.75) is 0 Å². The van der Waals surface area contributed by atoms with E-state index in [9.17, 15) is 20.1 Å². The maximum absolute atomic E-state index is 11.9. The highest BCUT2D eigenvalue weighted by Crippen LogP contribution is 2.34. The van der Waals surface area contributed by atoms with Gasteiger partial charge in [-0.15, -0.1) is 5.10 Å². The van der Waals surface area contributed by atoms with E-state index in [-0.39, 0.29) is 22.9 Å². The van der Waals surface area contributed by atoms with Crippen LogP contribution < -0.4 is 11.2 Å². The number of benzene rings is 1. The van der Waals surface area contributed by atoms with Gasteiger partial charge in [-0.2, -0.15) is 9.78 Å². The van der Waals surface area contributed by atoms with Gasteiger partial charge in [-0.1, -0.05) is 5.21 Å². The second-order valence-electron chi connectivity index (χ2n) is 4.63. The molecule has 1 amide bonds. The molecule has 3 rings (SSSR count). The van der Waals surface area contributed by atoms with E-state index in [1.165, 1.54) is 6.20 Å². The minimum Gasteiger partial charge on any atom is -0.504 e. The van der Waals surface area contributed by atoms with E-state index in [4.69, 9.17) is 5.73 Å². The van der Waals surface area contributed by atoms with Crippen LogP contribution in [0.5, 0.6) is 17.2 Å². The lowest BCUT2D eigenvalue weighted by Gasteiger charge is -2.01. The Morgan fingerprint density at radius 3 is 2.64 bits per heavy atom. The summed E-state index contributed by atoms with van der Waals surface area (Å²) in [6.07, 6.45) is 2.37. The molecule has 13 nitrogen and oxygen atoms in total. The van der Waals surface area contributed by atoms with Gasteiger partial charge in [-0.3, -0.25) is 4.79 Å². The fourth-order valence-electron chi connectivity index (χ4n) is 1.74. The van der Waals surface area contributed by atoms with Crippen LogP contribution in [-0.4, -0.2) is 52.7 Å². The lowest BCUT2D eigenvalue weighted by molar-refractivity contribution is 0.0950. The van der Waals surface area contributed by atoms with Crippen LogP contribution in [0.25, 0.3) is 5.82 Å². The van der Waals surface area contributed by atoms with E-state index in [1.807, 2.05) is 0 Å². The summed E-state index contributed by atoms with van der Waals surface area (Å²) in [5.74, 6) is -2.36. The summed E-state index contributed by atoms with van der Waals surface area (Å²) in [5, 5.41) is 45.8. The molecule has 128 valence electrons. The number of hydrazone groups is 1. The summed E-state index contributed by atoms with van der Waals surface area (Å²) in [6, 6.07) is 2.28. The maximum atomic E-state index is 11.9. The molecule has 1 aromatic carbocycles. The number of nitrogens with zero attached hydrogens (tertiary/aromatic N) is 6. The minimum atomic E-state index is -0.690. The monoisotopic (exact) mass is 346 g/mol. The third kappa shape index (κ3) is 3.14. The molecule has 0 fully saturated rings. The molecule has 0 saturated carbocycles. The highest BCUT2D eigenvalue weighted by Gasteiger charge is 2.15. The fourth-order valence-corrected chi connectivity index (χ4v) is 1.74. The Bertz CT molecular complexity index is 939. The molecule has 3 aromatic rings. The number of aromatic nitrogens is 5. The van der Waals surface area contributed by atoms with Crippen molar-refractivity contribution in [3.05, 3.63) is 29.6 Å². The number of phenolic OH excluding ortho intramolecular Hbond substituents is 3. The number of hydrogen-bond donors (Lipinski definition) is 5. The first-order chi connectivity index (χ1) is 12.0. The van der Waals surface area contributed by atoms with Crippen LogP contribution in [0.4, 0.5) is 5.82 Å². The summed E-state index contributed by atoms with van der Waals surface area (Å²) in [4.78, 5) is 11.9. The van der Waals surface area contributed by atoms with E-state index in [2.05, 4.69) is 35.8 Å². The first-order valence-electron chi connectivity index (χ1n) is 6.55. The molecule has 0 bridgehead atoms. The van der Waals surface area contributed by atoms with Crippen LogP contribution in [0.3, 0.4) is 0 Å². The van der Waals surface area contributed by atoms with Crippen molar-refractivity contribution in [2.75, 3.05) is 5.73 Å². The van der Waals surface area contributed by atoms with E-state index < -0.39 is 23.2 Å². The Morgan fingerprint density at radius 1 is 1.28 bits per heavy atom. The van der Waals surface area contributed by atoms with Gasteiger partial charge in [0, 0.05) is 5.56 Å². The third-order valence-corrected chi connectivity index (χ3v) is 2.91. The van der Waals surface area contributed by atoms with Gasteiger partial charge >= 0.3 is 0 Å². The number of anilines is 1. The highest BCUT2D eigenvalue weighted by atomic mass is 16.6. The normalized spacial score (nSPS) is 11.0. The fraction of sp³-hybridized carbons (Fsp3) is 0. The van der Waals surface area contributed by atoms with Crippen molar-refractivity contribution in [3.8, 4) is 23.1 Å². The van der Waals surface area contributed by atoms with Gasteiger partial charge in [0.2, 0.25) is 11.6 Å². The number of aromatic hydroxyl groups is 3. The van der Waals surface area contributed by atoms with Crippen LogP contribution >= 0.6 is 0 Å². The molecular formula is C12H10N8O5. The quantitative estimate of drug-likeness (QED) is 0.224. The second-order valence-corrected chi connectivity index (χ2v) is 4.63. The Hall–Kier alpha value is -4.16. The largest absolute Gasteiger partial charge is 0.504 e. The molecule has 0 saturated heterocycles. The Morgan fingerprint density at radius 2 is 2.00 bits per heavy atom. The summed E-state index contributed by atoms with van der Waals surface area (Å²) in [5.41, 5.74) is 7.82. The minimum absolute atomic E-state index is 0.0261. The number of nitrogens with two attached hydrogens (primary N) is 1. The molecule has 0 aliphatic heterocycles. The first-order valence-corrected chi connectivity index (χ1v) is 6.55. The number of hydrogen-bond acceptors (Lipinski definition) is 11. The molecule has 25 heavy (non-hydrogen) atoms. The summed E-state index contributed by atoms with van der Waals surface area (Å²) in [7, 11) is 0. The number of nitrogens with one attached hydrogen (secondary N) is 1. The van der Waals surface area contributed by atoms with Crippen molar-refractivity contribution < 1.29 is 24.7 Å². The molecule has 0 aliphatic carbocycles. The number of phenols is 3. The topological polar surface area (TPSA) is 198 Å². The van der Waals surface area contributed by atoms with Crippen molar-refractivity contribution in [1.29, 1.82) is 0 Å². The molecule has 0 unspecified atom stereocenters. The number of nitrogen functional groups attached to an aromatic ring is 1. The van der Waals surface area contributed by atoms with Crippen LogP contribution in [0.1, 0.15) is 16.1 Å². The molecule has 13 heteroatoms. The summed E-state index contributed by atoms with van der Waals surface area (Å²) in [6.45, 7) is 0.